The third kappa shape index (κ3) is 2.81. The average molecular weight is 299 g/mol. The summed E-state index contributed by atoms with van der Waals surface area (Å²) in [7, 11) is 0. The molecule has 3 N–H and O–H groups in total. The van der Waals surface area contributed by atoms with Gasteiger partial charge in [0.2, 0.25) is 0 Å². The number of hydrogen-bond donors (Lipinski definition) is 2. The van der Waals surface area contributed by atoms with Gasteiger partial charge in [-0.15, -0.1) is 0 Å². The van der Waals surface area contributed by atoms with Crippen LogP contribution in [0, 0.1) is 0 Å². The Morgan fingerprint density at radius 3 is 2.76 bits per heavy atom. The molecule has 2 atom stereocenters. The van der Waals surface area contributed by atoms with Crippen molar-refractivity contribution in [1.29, 1.82) is 0 Å². The Labute approximate surface area is 111 Å². The molecular formula is C13H19BrN2O. The molecule has 1 fully saturated rings. The van der Waals surface area contributed by atoms with Crippen LogP contribution in [0.2, 0.25) is 0 Å². The highest BCUT2D eigenvalue weighted by atomic mass is 79.9. The molecule has 17 heavy (non-hydrogen) atoms. The Kier molecular flexibility index (Phi) is 3.48. The van der Waals surface area contributed by atoms with Crippen LogP contribution in [-0.4, -0.2) is 23.8 Å². The number of rotatable bonds is 2. The highest BCUT2D eigenvalue weighted by molar-refractivity contribution is 9.10. The normalized spacial score (nSPS) is 26.3. The second-order valence-corrected chi connectivity index (χ2v) is 6.08. The molecule has 1 aliphatic rings. The fourth-order valence-electron chi connectivity index (χ4n) is 2.33. The van der Waals surface area contributed by atoms with Gasteiger partial charge in [-0.2, -0.15) is 0 Å². The summed E-state index contributed by atoms with van der Waals surface area (Å²) in [4.78, 5) is 2.21. The average Bonchev–Trinajstić information content (AvgIpc) is 2.58. The number of aliphatic hydroxyl groups is 1. The van der Waals surface area contributed by atoms with Crippen LogP contribution in [-0.2, 0) is 0 Å². The van der Waals surface area contributed by atoms with Crippen molar-refractivity contribution >= 4 is 21.6 Å². The minimum Gasteiger partial charge on any atom is -0.388 e. The number of benzene rings is 1. The first-order valence-corrected chi connectivity index (χ1v) is 6.71. The van der Waals surface area contributed by atoms with Gasteiger partial charge in [-0.25, -0.2) is 0 Å². The van der Waals surface area contributed by atoms with Gasteiger partial charge in [-0.05, 0) is 44.0 Å². The maximum absolute atomic E-state index is 10.0. The Bertz CT molecular complexity index is 418. The summed E-state index contributed by atoms with van der Waals surface area (Å²) < 4.78 is 1.04. The molecule has 0 amide bonds. The van der Waals surface area contributed by atoms with Crippen LogP contribution in [0.5, 0.6) is 0 Å². The molecule has 2 unspecified atom stereocenters. The molecule has 1 aliphatic heterocycles. The van der Waals surface area contributed by atoms with Gasteiger partial charge in [-0.1, -0.05) is 15.9 Å². The van der Waals surface area contributed by atoms with Crippen LogP contribution in [0.25, 0.3) is 0 Å². The van der Waals surface area contributed by atoms with Crippen molar-refractivity contribution in [2.75, 3.05) is 18.0 Å². The van der Waals surface area contributed by atoms with Crippen molar-refractivity contribution in [3.63, 3.8) is 0 Å². The molecule has 1 aromatic rings. The molecular weight excluding hydrogens is 280 g/mol. The molecule has 0 spiro atoms. The third-order valence-corrected chi connectivity index (χ3v) is 3.77. The zero-order valence-corrected chi connectivity index (χ0v) is 11.9. The predicted molar refractivity (Wildman–Crippen MR) is 74.2 cm³/mol. The van der Waals surface area contributed by atoms with Crippen LogP contribution in [0.15, 0.2) is 22.7 Å². The lowest BCUT2D eigenvalue weighted by Crippen LogP contribution is -2.30. The summed E-state index contributed by atoms with van der Waals surface area (Å²) in [5, 5.41) is 10.0. The van der Waals surface area contributed by atoms with Gasteiger partial charge in [0.1, 0.15) is 0 Å². The van der Waals surface area contributed by atoms with Gasteiger partial charge >= 0.3 is 0 Å². The van der Waals surface area contributed by atoms with E-state index in [4.69, 9.17) is 5.73 Å². The monoisotopic (exact) mass is 298 g/mol. The molecule has 94 valence electrons. The molecule has 2 rings (SSSR count). The van der Waals surface area contributed by atoms with Crippen LogP contribution < -0.4 is 10.6 Å². The van der Waals surface area contributed by atoms with Gasteiger partial charge in [0, 0.05) is 29.3 Å². The molecule has 1 aromatic carbocycles. The van der Waals surface area contributed by atoms with Crippen LogP contribution in [0.3, 0.4) is 0 Å². The van der Waals surface area contributed by atoms with Crippen molar-refractivity contribution in [2.24, 2.45) is 5.73 Å². The summed E-state index contributed by atoms with van der Waals surface area (Å²) in [6.45, 7) is 5.43. The van der Waals surface area contributed by atoms with Crippen molar-refractivity contribution < 1.29 is 5.11 Å². The third-order valence-electron chi connectivity index (χ3n) is 3.27. The zero-order valence-electron chi connectivity index (χ0n) is 10.3. The second kappa shape index (κ2) is 4.59. The summed E-state index contributed by atoms with van der Waals surface area (Å²) in [6, 6.07) is 6.15. The minimum absolute atomic E-state index is 0.00644. The van der Waals surface area contributed by atoms with Crippen LogP contribution in [0.4, 0.5) is 5.69 Å². The molecule has 1 heterocycles. The molecule has 0 bridgehead atoms. The Balaban J connectivity index is 2.33. The number of hydrogen-bond acceptors (Lipinski definition) is 3. The van der Waals surface area contributed by atoms with E-state index in [0.717, 1.165) is 28.7 Å². The second-order valence-electron chi connectivity index (χ2n) is 5.16. The topological polar surface area (TPSA) is 49.5 Å². The van der Waals surface area contributed by atoms with Crippen LogP contribution >= 0.6 is 15.9 Å². The molecule has 0 saturated carbocycles. The number of nitrogens with two attached hydrogens (primary N) is 1. The minimum atomic E-state index is -0.581. The van der Waals surface area contributed by atoms with Gasteiger partial charge in [0.25, 0.3) is 0 Å². The lowest BCUT2D eigenvalue weighted by molar-refractivity contribution is 0.0839. The van der Waals surface area contributed by atoms with E-state index in [0.29, 0.717) is 6.54 Å². The number of halogens is 1. The molecule has 0 aromatic heterocycles. The Morgan fingerprint density at radius 2 is 2.24 bits per heavy atom. The van der Waals surface area contributed by atoms with Gasteiger partial charge in [0.05, 0.1) is 5.60 Å². The maximum Gasteiger partial charge on any atom is 0.0810 e. The molecule has 0 aliphatic carbocycles. The first-order valence-electron chi connectivity index (χ1n) is 5.91. The maximum atomic E-state index is 10.0. The summed E-state index contributed by atoms with van der Waals surface area (Å²) in [6.07, 6.45) is 0.807. The molecule has 4 heteroatoms. The first-order chi connectivity index (χ1) is 7.89. The van der Waals surface area contributed by atoms with E-state index in [1.165, 1.54) is 0 Å². The smallest absolute Gasteiger partial charge is 0.0810 e. The number of nitrogens with zero attached hydrogens (tertiary/aromatic N) is 1. The molecule has 3 nitrogen and oxygen atoms in total. The van der Waals surface area contributed by atoms with Crippen LogP contribution in [0.1, 0.15) is 31.9 Å². The Morgan fingerprint density at radius 1 is 1.53 bits per heavy atom. The summed E-state index contributed by atoms with van der Waals surface area (Å²) in [5.74, 6) is 0. The SMILES string of the molecule is CC(N)c1cc(Br)ccc1N1CCC(C)(O)C1. The van der Waals surface area contributed by atoms with E-state index in [1.807, 2.05) is 19.9 Å². The summed E-state index contributed by atoms with van der Waals surface area (Å²) in [5.41, 5.74) is 7.69. The number of anilines is 1. The zero-order chi connectivity index (χ0) is 12.6. The largest absolute Gasteiger partial charge is 0.388 e. The fourth-order valence-corrected chi connectivity index (χ4v) is 2.71. The van der Waals surface area contributed by atoms with E-state index in [1.54, 1.807) is 0 Å². The highest BCUT2D eigenvalue weighted by Gasteiger charge is 2.32. The van der Waals surface area contributed by atoms with Crippen molar-refractivity contribution in [3.05, 3.63) is 28.2 Å². The van der Waals surface area contributed by atoms with E-state index in [-0.39, 0.29) is 6.04 Å². The summed E-state index contributed by atoms with van der Waals surface area (Å²) >= 11 is 3.47. The van der Waals surface area contributed by atoms with Gasteiger partial charge in [-0.3, -0.25) is 0 Å². The quantitative estimate of drug-likeness (QED) is 0.882. The van der Waals surface area contributed by atoms with E-state index >= 15 is 0 Å². The fraction of sp³-hybridized carbons (Fsp3) is 0.538. The van der Waals surface area contributed by atoms with Crippen molar-refractivity contribution in [1.82, 2.24) is 0 Å². The van der Waals surface area contributed by atoms with Gasteiger partial charge in [0.15, 0.2) is 0 Å². The van der Waals surface area contributed by atoms with E-state index in [2.05, 4.69) is 33.0 Å². The van der Waals surface area contributed by atoms with E-state index < -0.39 is 5.60 Å². The standard InChI is InChI=1S/C13H19BrN2O/c1-9(15)11-7-10(14)3-4-12(11)16-6-5-13(2,17)8-16/h3-4,7,9,17H,5-6,8,15H2,1-2H3. The Hall–Kier alpha value is -0.580. The molecule has 1 saturated heterocycles. The lowest BCUT2D eigenvalue weighted by atomic mass is 10.1. The molecule has 0 radical (unpaired) electrons. The van der Waals surface area contributed by atoms with Crippen molar-refractivity contribution in [3.8, 4) is 0 Å². The highest BCUT2D eigenvalue weighted by Crippen LogP contribution is 2.33. The van der Waals surface area contributed by atoms with E-state index in [9.17, 15) is 5.11 Å². The lowest BCUT2D eigenvalue weighted by Gasteiger charge is -2.25. The number of β-amino-alcohol motifs (C(OH)–C–C–N with tert-alkyl or cyclic N) is 1. The predicted octanol–water partition coefficient (Wildman–Crippen LogP) is 2.43. The first kappa shape index (κ1) is 12.9. The van der Waals surface area contributed by atoms with Crippen molar-refractivity contribution in [2.45, 2.75) is 31.9 Å². The van der Waals surface area contributed by atoms with Gasteiger partial charge < -0.3 is 15.7 Å².